The summed E-state index contributed by atoms with van der Waals surface area (Å²) in [5.41, 5.74) is 7.17. The SMILES string of the molecule is NC(=O)C1CCCN(CCNC(=O)c2ccc3c(c2)CCCO3)C1. The molecule has 0 spiro atoms. The molecule has 130 valence electrons. The highest BCUT2D eigenvalue weighted by atomic mass is 16.5. The summed E-state index contributed by atoms with van der Waals surface area (Å²) in [4.78, 5) is 25.8. The molecular formula is C18H25N3O3. The van der Waals surface area contributed by atoms with E-state index >= 15 is 0 Å². The van der Waals surface area contributed by atoms with Crippen LogP contribution in [0.3, 0.4) is 0 Å². The first-order valence-corrected chi connectivity index (χ1v) is 8.69. The van der Waals surface area contributed by atoms with Crippen molar-refractivity contribution in [3.8, 4) is 5.75 Å². The van der Waals surface area contributed by atoms with Gasteiger partial charge in [0.2, 0.25) is 5.91 Å². The monoisotopic (exact) mass is 331 g/mol. The predicted molar refractivity (Wildman–Crippen MR) is 90.9 cm³/mol. The Morgan fingerprint density at radius 2 is 2.21 bits per heavy atom. The Morgan fingerprint density at radius 1 is 1.33 bits per heavy atom. The number of rotatable bonds is 5. The quantitative estimate of drug-likeness (QED) is 0.841. The van der Waals surface area contributed by atoms with Gasteiger partial charge in [-0.15, -0.1) is 0 Å². The van der Waals surface area contributed by atoms with Crippen molar-refractivity contribution in [3.63, 3.8) is 0 Å². The maximum Gasteiger partial charge on any atom is 0.251 e. The van der Waals surface area contributed by atoms with Crippen LogP contribution in [0.5, 0.6) is 5.75 Å². The second-order valence-corrected chi connectivity index (χ2v) is 6.57. The number of nitrogens with one attached hydrogen (secondary N) is 1. The lowest BCUT2D eigenvalue weighted by atomic mass is 9.97. The summed E-state index contributed by atoms with van der Waals surface area (Å²) >= 11 is 0. The summed E-state index contributed by atoms with van der Waals surface area (Å²) in [6.45, 7) is 3.71. The zero-order chi connectivity index (χ0) is 16.9. The average molecular weight is 331 g/mol. The van der Waals surface area contributed by atoms with Crippen LogP contribution in [0.2, 0.25) is 0 Å². The molecule has 1 fully saturated rings. The zero-order valence-corrected chi connectivity index (χ0v) is 13.9. The molecule has 1 aromatic rings. The molecule has 2 amide bonds. The molecular weight excluding hydrogens is 306 g/mol. The number of carbonyl (C=O) groups is 2. The summed E-state index contributed by atoms with van der Waals surface area (Å²) in [5, 5.41) is 2.96. The highest BCUT2D eigenvalue weighted by Crippen LogP contribution is 2.25. The highest BCUT2D eigenvalue weighted by Gasteiger charge is 2.23. The van der Waals surface area contributed by atoms with Crippen molar-refractivity contribution >= 4 is 11.8 Å². The molecule has 0 saturated carbocycles. The number of nitrogens with zero attached hydrogens (tertiary/aromatic N) is 1. The molecule has 2 aliphatic heterocycles. The Bertz CT molecular complexity index is 618. The fourth-order valence-electron chi connectivity index (χ4n) is 3.42. The summed E-state index contributed by atoms with van der Waals surface area (Å²) in [7, 11) is 0. The molecule has 1 unspecified atom stereocenters. The molecule has 1 atom stereocenters. The smallest absolute Gasteiger partial charge is 0.251 e. The van der Waals surface area contributed by atoms with Crippen LogP contribution in [0.4, 0.5) is 0 Å². The average Bonchev–Trinajstić information content (AvgIpc) is 2.61. The molecule has 6 nitrogen and oxygen atoms in total. The first-order valence-electron chi connectivity index (χ1n) is 8.69. The van der Waals surface area contributed by atoms with Gasteiger partial charge in [0.05, 0.1) is 12.5 Å². The van der Waals surface area contributed by atoms with Gasteiger partial charge in [0.15, 0.2) is 0 Å². The first kappa shape index (κ1) is 16.8. The Labute approximate surface area is 142 Å². The molecule has 0 radical (unpaired) electrons. The van der Waals surface area contributed by atoms with Crippen molar-refractivity contribution in [1.29, 1.82) is 0 Å². The number of piperidine rings is 1. The largest absolute Gasteiger partial charge is 0.493 e. The van der Waals surface area contributed by atoms with Crippen LogP contribution >= 0.6 is 0 Å². The van der Waals surface area contributed by atoms with Crippen LogP contribution in [0.25, 0.3) is 0 Å². The Morgan fingerprint density at radius 3 is 3.04 bits per heavy atom. The Kier molecular flexibility index (Phi) is 5.35. The fraction of sp³-hybridized carbons (Fsp3) is 0.556. The van der Waals surface area contributed by atoms with Gasteiger partial charge in [-0.05, 0) is 56.0 Å². The van der Waals surface area contributed by atoms with Crippen molar-refractivity contribution in [3.05, 3.63) is 29.3 Å². The molecule has 24 heavy (non-hydrogen) atoms. The minimum absolute atomic E-state index is 0.0601. The lowest BCUT2D eigenvalue weighted by Gasteiger charge is -2.31. The Hall–Kier alpha value is -2.08. The summed E-state index contributed by atoms with van der Waals surface area (Å²) in [6.07, 6.45) is 3.80. The Balaban J connectivity index is 1.48. The van der Waals surface area contributed by atoms with Crippen LogP contribution in [-0.4, -0.2) is 49.5 Å². The van der Waals surface area contributed by atoms with Crippen molar-refractivity contribution in [1.82, 2.24) is 10.2 Å². The molecule has 1 saturated heterocycles. The van der Waals surface area contributed by atoms with Gasteiger partial charge in [-0.3, -0.25) is 9.59 Å². The van der Waals surface area contributed by atoms with Crippen LogP contribution in [0.1, 0.15) is 35.2 Å². The van der Waals surface area contributed by atoms with E-state index in [2.05, 4.69) is 10.2 Å². The van der Waals surface area contributed by atoms with E-state index < -0.39 is 0 Å². The number of hydrogen-bond donors (Lipinski definition) is 2. The molecule has 2 heterocycles. The number of amides is 2. The summed E-state index contributed by atoms with van der Waals surface area (Å²) in [5.74, 6) is 0.547. The van der Waals surface area contributed by atoms with E-state index in [1.54, 1.807) is 0 Å². The van der Waals surface area contributed by atoms with E-state index in [1.807, 2.05) is 18.2 Å². The molecule has 0 bridgehead atoms. The molecule has 2 aliphatic rings. The third-order valence-electron chi connectivity index (χ3n) is 4.79. The number of hydrogen-bond acceptors (Lipinski definition) is 4. The van der Waals surface area contributed by atoms with E-state index in [9.17, 15) is 9.59 Å². The van der Waals surface area contributed by atoms with Gasteiger partial charge in [0.25, 0.3) is 5.91 Å². The molecule has 1 aromatic carbocycles. The van der Waals surface area contributed by atoms with E-state index in [1.165, 1.54) is 0 Å². The van der Waals surface area contributed by atoms with E-state index in [-0.39, 0.29) is 17.7 Å². The number of aryl methyl sites for hydroxylation is 1. The van der Waals surface area contributed by atoms with Gasteiger partial charge < -0.3 is 20.7 Å². The first-order chi connectivity index (χ1) is 11.6. The fourth-order valence-corrected chi connectivity index (χ4v) is 3.42. The van der Waals surface area contributed by atoms with Gasteiger partial charge in [0, 0.05) is 25.2 Å². The van der Waals surface area contributed by atoms with Gasteiger partial charge in [-0.1, -0.05) is 0 Å². The van der Waals surface area contributed by atoms with Gasteiger partial charge in [-0.25, -0.2) is 0 Å². The number of primary amides is 1. The lowest BCUT2D eigenvalue weighted by molar-refractivity contribution is -0.123. The van der Waals surface area contributed by atoms with Gasteiger partial charge in [0.1, 0.15) is 5.75 Å². The summed E-state index contributed by atoms with van der Waals surface area (Å²) in [6, 6.07) is 5.61. The van der Waals surface area contributed by atoms with Crippen molar-refractivity contribution in [2.45, 2.75) is 25.7 Å². The normalized spacial score (nSPS) is 20.8. The number of fused-ring (bicyclic) bond motifs is 1. The zero-order valence-electron chi connectivity index (χ0n) is 13.9. The third kappa shape index (κ3) is 4.06. The minimum Gasteiger partial charge on any atom is -0.493 e. The molecule has 0 aromatic heterocycles. The van der Waals surface area contributed by atoms with Crippen molar-refractivity contribution in [2.75, 3.05) is 32.8 Å². The molecule has 3 N–H and O–H groups in total. The van der Waals surface area contributed by atoms with Crippen molar-refractivity contribution in [2.24, 2.45) is 11.7 Å². The van der Waals surface area contributed by atoms with Crippen LogP contribution < -0.4 is 15.8 Å². The third-order valence-corrected chi connectivity index (χ3v) is 4.79. The minimum atomic E-state index is -0.222. The number of likely N-dealkylation sites (tertiary alicyclic amines) is 1. The van der Waals surface area contributed by atoms with Crippen molar-refractivity contribution < 1.29 is 14.3 Å². The van der Waals surface area contributed by atoms with Gasteiger partial charge in [-0.2, -0.15) is 0 Å². The second kappa shape index (κ2) is 7.66. The maximum absolute atomic E-state index is 12.3. The standard InChI is InChI=1S/C18H25N3O3/c19-17(22)15-3-1-8-21(12-15)9-7-20-18(23)14-5-6-16-13(11-14)4-2-10-24-16/h5-6,11,15H,1-4,7-10,12H2,(H2,19,22)(H,20,23). The van der Waals surface area contributed by atoms with Crippen LogP contribution in [-0.2, 0) is 11.2 Å². The van der Waals surface area contributed by atoms with E-state index in [0.717, 1.165) is 56.7 Å². The molecule has 3 rings (SSSR count). The number of ether oxygens (including phenoxy) is 1. The highest BCUT2D eigenvalue weighted by molar-refractivity contribution is 5.94. The van der Waals surface area contributed by atoms with E-state index in [4.69, 9.17) is 10.5 Å². The number of carbonyl (C=O) groups excluding carboxylic acids is 2. The molecule has 0 aliphatic carbocycles. The van der Waals surface area contributed by atoms with Crippen LogP contribution in [0.15, 0.2) is 18.2 Å². The van der Waals surface area contributed by atoms with Gasteiger partial charge >= 0.3 is 0 Å². The van der Waals surface area contributed by atoms with Crippen LogP contribution in [0, 0.1) is 5.92 Å². The number of nitrogens with two attached hydrogens (primary N) is 1. The number of benzene rings is 1. The lowest BCUT2D eigenvalue weighted by Crippen LogP contribution is -2.44. The predicted octanol–water partition coefficient (Wildman–Crippen LogP) is 0.939. The van der Waals surface area contributed by atoms with E-state index in [0.29, 0.717) is 18.7 Å². The topological polar surface area (TPSA) is 84.7 Å². The maximum atomic E-state index is 12.3. The summed E-state index contributed by atoms with van der Waals surface area (Å²) < 4.78 is 5.57. The molecule has 6 heteroatoms. The second-order valence-electron chi connectivity index (χ2n) is 6.57.